The Morgan fingerprint density at radius 2 is 1.68 bits per heavy atom. The predicted molar refractivity (Wildman–Crippen MR) is 149 cm³/mol. The number of nitrogens with zero attached hydrogens (tertiary/aromatic N) is 9. The van der Waals surface area contributed by atoms with Crippen molar-refractivity contribution in [3.63, 3.8) is 0 Å². The van der Waals surface area contributed by atoms with E-state index in [1.54, 1.807) is 56.7 Å². The van der Waals surface area contributed by atoms with E-state index >= 15 is 0 Å². The highest BCUT2D eigenvalue weighted by Crippen LogP contribution is 2.36. The van der Waals surface area contributed by atoms with E-state index in [-0.39, 0.29) is 28.8 Å². The fourth-order valence-electron chi connectivity index (χ4n) is 3.47. The van der Waals surface area contributed by atoms with Crippen molar-refractivity contribution in [1.29, 1.82) is 10.5 Å². The van der Waals surface area contributed by atoms with Gasteiger partial charge in [0.1, 0.15) is 23.4 Å². The molecular formula is C27H26N12O. The lowest BCUT2D eigenvalue weighted by molar-refractivity contribution is -0.123. The summed E-state index contributed by atoms with van der Waals surface area (Å²) in [6.45, 7) is 7.25. The quantitative estimate of drug-likeness (QED) is 0.265. The van der Waals surface area contributed by atoms with Gasteiger partial charge < -0.3 is 16.0 Å². The first kappa shape index (κ1) is 27.3. The van der Waals surface area contributed by atoms with E-state index in [0.29, 0.717) is 34.3 Å². The smallest absolute Gasteiger partial charge is 0.252 e. The molecule has 0 fully saturated rings. The molecule has 0 aliphatic carbocycles. The van der Waals surface area contributed by atoms with Crippen LogP contribution in [-0.2, 0) is 4.79 Å². The number of carbonyl (C=O) groups is 1. The molecule has 0 bridgehead atoms. The monoisotopic (exact) mass is 534 g/mol. The van der Waals surface area contributed by atoms with Crippen LogP contribution in [0.15, 0.2) is 59.2 Å². The summed E-state index contributed by atoms with van der Waals surface area (Å²) in [6.07, 6.45) is 4.44. The Kier molecular flexibility index (Phi) is 7.77. The summed E-state index contributed by atoms with van der Waals surface area (Å²) in [7, 11) is 1.67. The standard InChI is InChI=1S/C27H26N12O/c1-16-20(14-29)22(34-18-7-9-19(10-8-18)35-25(40)27(2,3)4)36-23(30-5)21(16)37-38-24-17(13-28)15-33-39(24)26-31-11-6-12-32-26/h6-12,15H,1-5H3,(H,35,40)(H2,30,34,36). The van der Waals surface area contributed by atoms with Crippen LogP contribution in [0.2, 0.25) is 0 Å². The van der Waals surface area contributed by atoms with Gasteiger partial charge in [-0.05, 0) is 37.3 Å². The molecule has 3 N–H and O–H groups in total. The zero-order valence-corrected chi connectivity index (χ0v) is 22.6. The van der Waals surface area contributed by atoms with Gasteiger partial charge in [0.05, 0.1) is 11.8 Å². The Balaban J connectivity index is 1.66. The topological polar surface area (TPSA) is 182 Å². The van der Waals surface area contributed by atoms with Crippen molar-refractivity contribution in [2.75, 3.05) is 23.0 Å². The summed E-state index contributed by atoms with van der Waals surface area (Å²) in [5.74, 6) is 0.937. The van der Waals surface area contributed by atoms with Gasteiger partial charge in [-0.15, -0.1) is 10.2 Å². The minimum absolute atomic E-state index is 0.0954. The van der Waals surface area contributed by atoms with E-state index in [2.05, 4.69) is 52.3 Å². The zero-order chi connectivity index (χ0) is 28.9. The van der Waals surface area contributed by atoms with Crippen molar-refractivity contribution in [1.82, 2.24) is 24.7 Å². The number of aromatic nitrogens is 5. The van der Waals surface area contributed by atoms with Crippen molar-refractivity contribution >= 4 is 40.4 Å². The Bertz CT molecular complexity index is 1650. The van der Waals surface area contributed by atoms with Gasteiger partial charge in [-0.25, -0.2) is 15.0 Å². The van der Waals surface area contributed by atoms with Crippen LogP contribution in [-0.4, -0.2) is 37.7 Å². The molecule has 1 aromatic carbocycles. The Morgan fingerprint density at radius 3 is 2.27 bits per heavy atom. The van der Waals surface area contributed by atoms with Crippen LogP contribution < -0.4 is 16.0 Å². The van der Waals surface area contributed by atoms with Crippen molar-refractivity contribution in [2.24, 2.45) is 15.6 Å². The van der Waals surface area contributed by atoms with Gasteiger partial charge in [0.15, 0.2) is 17.5 Å². The fraction of sp³-hybridized carbons (Fsp3) is 0.222. The van der Waals surface area contributed by atoms with Crippen LogP contribution >= 0.6 is 0 Å². The molecule has 0 spiro atoms. The molecule has 13 heteroatoms. The number of nitriles is 2. The Hall–Kier alpha value is -5.69. The molecule has 1 amide bonds. The third kappa shape index (κ3) is 5.74. The normalized spacial score (nSPS) is 11.1. The van der Waals surface area contributed by atoms with E-state index in [0.717, 1.165) is 0 Å². The van der Waals surface area contributed by atoms with E-state index in [9.17, 15) is 15.3 Å². The molecule has 4 rings (SSSR count). The third-order valence-corrected chi connectivity index (χ3v) is 5.70. The van der Waals surface area contributed by atoms with Crippen molar-refractivity contribution in [2.45, 2.75) is 27.7 Å². The van der Waals surface area contributed by atoms with Gasteiger partial charge in [0, 0.05) is 41.8 Å². The number of pyridine rings is 1. The molecule has 3 aromatic heterocycles. The van der Waals surface area contributed by atoms with Gasteiger partial charge >= 0.3 is 0 Å². The second kappa shape index (κ2) is 11.4. The summed E-state index contributed by atoms with van der Waals surface area (Å²) in [6, 6.07) is 13.0. The van der Waals surface area contributed by atoms with Crippen molar-refractivity contribution in [3.8, 4) is 18.1 Å². The van der Waals surface area contributed by atoms with Gasteiger partial charge in [-0.3, -0.25) is 4.79 Å². The minimum atomic E-state index is -0.520. The lowest BCUT2D eigenvalue weighted by atomic mass is 9.95. The first-order chi connectivity index (χ1) is 19.2. The lowest BCUT2D eigenvalue weighted by Crippen LogP contribution is -2.27. The van der Waals surface area contributed by atoms with Crippen LogP contribution in [0, 0.1) is 35.0 Å². The number of azo groups is 1. The van der Waals surface area contributed by atoms with Gasteiger partial charge in [-0.2, -0.15) is 20.3 Å². The van der Waals surface area contributed by atoms with Crippen LogP contribution in [0.25, 0.3) is 5.95 Å². The number of rotatable bonds is 7. The van der Waals surface area contributed by atoms with E-state index in [4.69, 9.17) is 0 Å². The Morgan fingerprint density at radius 1 is 1.00 bits per heavy atom. The summed E-state index contributed by atoms with van der Waals surface area (Å²) in [5, 5.41) is 41.3. The number of carbonyl (C=O) groups excluding carboxylic acids is 1. The number of benzene rings is 1. The number of nitrogens with one attached hydrogen (secondary N) is 3. The molecule has 200 valence electrons. The molecule has 0 saturated carbocycles. The largest absolute Gasteiger partial charge is 0.371 e. The highest BCUT2D eigenvalue weighted by molar-refractivity contribution is 5.94. The number of hydrogen-bond donors (Lipinski definition) is 3. The maximum Gasteiger partial charge on any atom is 0.252 e. The lowest BCUT2D eigenvalue weighted by Gasteiger charge is -2.18. The van der Waals surface area contributed by atoms with E-state index in [1.807, 2.05) is 26.8 Å². The summed E-state index contributed by atoms with van der Waals surface area (Å²) in [5.41, 5.74) is 2.07. The molecule has 40 heavy (non-hydrogen) atoms. The van der Waals surface area contributed by atoms with Crippen LogP contribution in [0.5, 0.6) is 0 Å². The highest BCUT2D eigenvalue weighted by atomic mass is 16.2. The van der Waals surface area contributed by atoms with Gasteiger partial charge in [-0.1, -0.05) is 20.8 Å². The van der Waals surface area contributed by atoms with Crippen LogP contribution in [0.1, 0.15) is 37.5 Å². The predicted octanol–water partition coefficient (Wildman–Crippen LogP) is 5.29. The molecule has 0 unspecified atom stereocenters. The van der Waals surface area contributed by atoms with Crippen molar-refractivity contribution < 1.29 is 4.79 Å². The molecule has 4 aromatic rings. The number of amides is 1. The number of hydrogen-bond acceptors (Lipinski definition) is 11. The first-order valence-corrected chi connectivity index (χ1v) is 12.1. The average Bonchev–Trinajstić information content (AvgIpc) is 3.36. The molecular weight excluding hydrogens is 508 g/mol. The number of anilines is 4. The second-order valence-corrected chi connectivity index (χ2v) is 9.58. The summed E-state index contributed by atoms with van der Waals surface area (Å²) >= 11 is 0. The zero-order valence-electron chi connectivity index (χ0n) is 22.6. The molecule has 3 heterocycles. The maximum absolute atomic E-state index is 12.3. The molecule has 0 radical (unpaired) electrons. The molecule has 13 nitrogen and oxygen atoms in total. The van der Waals surface area contributed by atoms with Crippen LogP contribution in [0.3, 0.4) is 0 Å². The van der Waals surface area contributed by atoms with Crippen molar-refractivity contribution in [3.05, 3.63) is 65.6 Å². The van der Waals surface area contributed by atoms with E-state index in [1.165, 1.54) is 10.9 Å². The van der Waals surface area contributed by atoms with Gasteiger partial charge in [0.25, 0.3) is 5.95 Å². The summed E-state index contributed by atoms with van der Waals surface area (Å²) < 4.78 is 1.30. The third-order valence-electron chi connectivity index (χ3n) is 5.70. The SMILES string of the molecule is CNc1nc(Nc2ccc(NC(=O)C(C)(C)C)cc2)c(C#N)c(C)c1N=Nc1c(C#N)cnn1-c1ncccn1. The molecule has 0 saturated heterocycles. The van der Waals surface area contributed by atoms with E-state index < -0.39 is 5.41 Å². The van der Waals surface area contributed by atoms with Gasteiger partial charge in [0.2, 0.25) is 5.91 Å². The molecule has 0 atom stereocenters. The average molecular weight is 535 g/mol. The summed E-state index contributed by atoms with van der Waals surface area (Å²) in [4.78, 5) is 25.1. The highest BCUT2D eigenvalue weighted by Gasteiger charge is 2.21. The minimum Gasteiger partial charge on any atom is -0.371 e. The first-order valence-electron chi connectivity index (χ1n) is 12.1. The maximum atomic E-state index is 12.3. The molecule has 0 aliphatic heterocycles. The van der Waals surface area contributed by atoms with Crippen LogP contribution in [0.4, 0.5) is 34.5 Å². The second-order valence-electron chi connectivity index (χ2n) is 9.58. The molecule has 0 aliphatic rings. The fourth-order valence-corrected chi connectivity index (χ4v) is 3.47. The Labute approximate surface area is 230 Å².